The highest BCUT2D eigenvalue weighted by atomic mass is 16.3. The van der Waals surface area contributed by atoms with Gasteiger partial charge in [0.15, 0.2) is 0 Å². The average molecular weight is 175 g/mol. The van der Waals surface area contributed by atoms with Crippen LogP contribution < -0.4 is 0 Å². The zero-order chi connectivity index (χ0) is 9.52. The van der Waals surface area contributed by atoms with E-state index in [0.29, 0.717) is 5.70 Å². The van der Waals surface area contributed by atoms with Crippen LogP contribution in [-0.2, 0) is 6.42 Å². The molecule has 0 N–H and O–H groups in total. The van der Waals surface area contributed by atoms with Gasteiger partial charge in [-0.05, 0) is 30.5 Å². The van der Waals surface area contributed by atoms with Gasteiger partial charge in [0.05, 0.1) is 5.70 Å². The lowest BCUT2D eigenvalue weighted by molar-refractivity contribution is 0.984. The van der Waals surface area contributed by atoms with Crippen molar-refractivity contribution in [2.75, 3.05) is 0 Å². The molecule has 0 fully saturated rings. The van der Waals surface area contributed by atoms with Crippen molar-refractivity contribution in [2.24, 2.45) is 5.18 Å². The van der Waals surface area contributed by atoms with Crippen LogP contribution in [0.1, 0.15) is 18.9 Å². The number of nitrogens with zero attached hydrogens (tertiary/aromatic N) is 1. The summed E-state index contributed by atoms with van der Waals surface area (Å²) >= 11 is 0. The van der Waals surface area contributed by atoms with E-state index in [1.807, 2.05) is 24.3 Å². The van der Waals surface area contributed by atoms with Crippen molar-refractivity contribution in [1.82, 2.24) is 0 Å². The molecule has 2 heteroatoms. The van der Waals surface area contributed by atoms with Gasteiger partial charge in [0.1, 0.15) is 0 Å². The van der Waals surface area contributed by atoms with Gasteiger partial charge in [0.25, 0.3) is 0 Å². The zero-order valence-electron chi connectivity index (χ0n) is 7.73. The van der Waals surface area contributed by atoms with Crippen LogP contribution in [0.2, 0.25) is 0 Å². The Morgan fingerprint density at radius 2 is 2.08 bits per heavy atom. The molecule has 0 radical (unpaired) electrons. The van der Waals surface area contributed by atoms with Gasteiger partial charge < -0.3 is 0 Å². The third kappa shape index (κ3) is 3.65. The Kier molecular flexibility index (Phi) is 3.89. The highest BCUT2D eigenvalue weighted by Crippen LogP contribution is 2.04. The van der Waals surface area contributed by atoms with E-state index in [-0.39, 0.29) is 0 Å². The van der Waals surface area contributed by atoms with Crippen LogP contribution in [-0.4, -0.2) is 0 Å². The molecule has 0 aliphatic rings. The molecule has 1 rings (SSSR count). The fraction of sp³-hybridized carbons (Fsp3) is 0.273. The molecule has 0 amide bonds. The summed E-state index contributed by atoms with van der Waals surface area (Å²) in [6.45, 7) is 1.72. The van der Waals surface area contributed by atoms with Crippen molar-refractivity contribution in [2.45, 2.75) is 19.8 Å². The molecule has 1 aromatic rings. The van der Waals surface area contributed by atoms with Crippen LogP contribution >= 0.6 is 0 Å². The first-order valence-corrected chi connectivity index (χ1v) is 4.37. The summed E-state index contributed by atoms with van der Waals surface area (Å²) in [4.78, 5) is 10.0. The second-order valence-electron chi connectivity index (χ2n) is 2.96. The molecule has 1 aromatic carbocycles. The van der Waals surface area contributed by atoms with Crippen molar-refractivity contribution in [3.8, 4) is 0 Å². The SMILES string of the molecule is CC(=CCCc1ccccc1)N=O. The van der Waals surface area contributed by atoms with Gasteiger partial charge in [-0.3, -0.25) is 0 Å². The number of rotatable bonds is 4. The quantitative estimate of drug-likeness (QED) is 0.645. The van der Waals surface area contributed by atoms with Gasteiger partial charge in [0.2, 0.25) is 0 Å². The summed E-state index contributed by atoms with van der Waals surface area (Å²) in [7, 11) is 0. The topological polar surface area (TPSA) is 29.4 Å². The molecule has 68 valence electrons. The summed E-state index contributed by atoms with van der Waals surface area (Å²) in [5.74, 6) is 0. The Morgan fingerprint density at radius 1 is 1.38 bits per heavy atom. The van der Waals surface area contributed by atoms with Crippen molar-refractivity contribution >= 4 is 0 Å². The smallest absolute Gasteiger partial charge is 0.0778 e. The maximum Gasteiger partial charge on any atom is 0.0778 e. The highest BCUT2D eigenvalue weighted by Gasteiger charge is 1.90. The van der Waals surface area contributed by atoms with Gasteiger partial charge in [-0.15, -0.1) is 4.91 Å². The summed E-state index contributed by atoms with van der Waals surface area (Å²) in [6.07, 6.45) is 3.70. The number of allylic oxidation sites excluding steroid dienone is 2. The molecule has 0 aliphatic carbocycles. The maximum atomic E-state index is 10.0. The molecular weight excluding hydrogens is 162 g/mol. The van der Waals surface area contributed by atoms with Crippen LogP contribution in [0.4, 0.5) is 0 Å². The van der Waals surface area contributed by atoms with E-state index < -0.39 is 0 Å². The molecule has 0 aromatic heterocycles. The number of hydrogen-bond donors (Lipinski definition) is 0. The van der Waals surface area contributed by atoms with Gasteiger partial charge in [0, 0.05) is 0 Å². The second kappa shape index (κ2) is 5.25. The van der Waals surface area contributed by atoms with E-state index in [2.05, 4.69) is 17.3 Å². The van der Waals surface area contributed by atoms with Gasteiger partial charge in [-0.25, -0.2) is 0 Å². The molecule has 0 aliphatic heterocycles. The lowest BCUT2D eigenvalue weighted by atomic mass is 10.1. The van der Waals surface area contributed by atoms with Crippen LogP contribution in [0, 0.1) is 4.91 Å². The molecule has 0 heterocycles. The molecule has 0 atom stereocenters. The fourth-order valence-corrected chi connectivity index (χ4v) is 1.13. The molecule has 0 spiro atoms. The summed E-state index contributed by atoms with van der Waals surface area (Å²) in [6, 6.07) is 10.2. The Hall–Kier alpha value is -1.44. The Balaban J connectivity index is 2.40. The minimum atomic E-state index is 0.566. The van der Waals surface area contributed by atoms with Gasteiger partial charge in [-0.2, -0.15) is 0 Å². The number of benzene rings is 1. The van der Waals surface area contributed by atoms with Gasteiger partial charge >= 0.3 is 0 Å². The largest absolute Gasteiger partial charge is 0.145 e. The zero-order valence-corrected chi connectivity index (χ0v) is 7.73. The summed E-state index contributed by atoms with van der Waals surface area (Å²) in [5, 5.41) is 2.83. The van der Waals surface area contributed by atoms with Crippen molar-refractivity contribution in [1.29, 1.82) is 0 Å². The van der Waals surface area contributed by atoms with Crippen molar-refractivity contribution in [3.63, 3.8) is 0 Å². The Bertz CT molecular complexity index is 290. The molecule has 2 nitrogen and oxygen atoms in total. The normalized spacial score (nSPS) is 11.3. The highest BCUT2D eigenvalue weighted by molar-refractivity contribution is 5.15. The van der Waals surface area contributed by atoms with Crippen LogP contribution in [0.25, 0.3) is 0 Å². The van der Waals surface area contributed by atoms with Crippen molar-refractivity contribution in [3.05, 3.63) is 52.6 Å². The molecular formula is C11H13NO. The lowest BCUT2D eigenvalue weighted by Gasteiger charge is -1.96. The first-order chi connectivity index (χ1) is 6.33. The van der Waals surface area contributed by atoms with Gasteiger partial charge in [-0.1, -0.05) is 36.4 Å². The summed E-state index contributed by atoms with van der Waals surface area (Å²) in [5.41, 5.74) is 1.85. The van der Waals surface area contributed by atoms with Crippen LogP contribution in [0.15, 0.2) is 47.3 Å². The molecule has 0 saturated heterocycles. The molecule has 0 saturated carbocycles. The van der Waals surface area contributed by atoms with E-state index in [0.717, 1.165) is 12.8 Å². The van der Waals surface area contributed by atoms with E-state index >= 15 is 0 Å². The minimum Gasteiger partial charge on any atom is -0.145 e. The first kappa shape index (κ1) is 9.65. The van der Waals surface area contributed by atoms with E-state index in [1.165, 1.54) is 5.56 Å². The van der Waals surface area contributed by atoms with Crippen LogP contribution in [0.3, 0.4) is 0 Å². The Labute approximate surface area is 78.3 Å². The molecule has 13 heavy (non-hydrogen) atoms. The second-order valence-corrected chi connectivity index (χ2v) is 2.96. The predicted molar refractivity (Wildman–Crippen MR) is 54.3 cm³/mol. The standard InChI is InChI=1S/C11H13NO/c1-10(12-13)6-5-9-11-7-3-2-4-8-11/h2-4,6-8H,5,9H2,1H3. The third-order valence-corrected chi connectivity index (χ3v) is 1.86. The molecule has 0 bridgehead atoms. The van der Waals surface area contributed by atoms with E-state index in [4.69, 9.17) is 0 Å². The maximum absolute atomic E-state index is 10.0. The Morgan fingerprint density at radius 3 is 2.69 bits per heavy atom. The van der Waals surface area contributed by atoms with E-state index in [9.17, 15) is 4.91 Å². The van der Waals surface area contributed by atoms with Crippen molar-refractivity contribution < 1.29 is 0 Å². The minimum absolute atomic E-state index is 0.566. The number of aryl methyl sites for hydroxylation is 1. The molecule has 0 unspecified atom stereocenters. The lowest BCUT2D eigenvalue weighted by Crippen LogP contribution is -1.81. The average Bonchev–Trinajstić information content (AvgIpc) is 2.19. The first-order valence-electron chi connectivity index (χ1n) is 4.37. The predicted octanol–water partition coefficient (Wildman–Crippen LogP) is 3.29. The fourth-order valence-electron chi connectivity index (χ4n) is 1.13. The van der Waals surface area contributed by atoms with Crippen LogP contribution in [0.5, 0.6) is 0 Å². The number of hydrogen-bond acceptors (Lipinski definition) is 2. The van der Waals surface area contributed by atoms with E-state index in [1.54, 1.807) is 6.92 Å². The monoisotopic (exact) mass is 175 g/mol. The number of nitroso groups, excluding NO2 is 1. The third-order valence-electron chi connectivity index (χ3n) is 1.86. The summed E-state index contributed by atoms with van der Waals surface area (Å²) < 4.78 is 0.